The largest absolute Gasteiger partial charge is 0.368 e. The molecule has 2 aromatic rings. The van der Waals surface area contributed by atoms with Crippen LogP contribution in [0, 0.1) is 19.8 Å². The number of piperidine rings is 1. The van der Waals surface area contributed by atoms with E-state index in [2.05, 4.69) is 36.9 Å². The molecule has 3 heterocycles. The number of hydrogen-bond donors (Lipinski definition) is 0. The fraction of sp³-hybridized carbons (Fsp3) is 0.500. The molecule has 4 rings (SSSR count). The summed E-state index contributed by atoms with van der Waals surface area (Å²) in [6, 6.07) is 9.86. The van der Waals surface area contributed by atoms with Gasteiger partial charge < -0.3 is 9.80 Å². The molecule has 30 heavy (non-hydrogen) atoms. The molecule has 2 fully saturated rings. The predicted octanol–water partition coefficient (Wildman–Crippen LogP) is 3.11. The van der Waals surface area contributed by atoms with Gasteiger partial charge in [-0.2, -0.15) is 4.31 Å². The minimum absolute atomic E-state index is 0.0988. The van der Waals surface area contributed by atoms with Crippen molar-refractivity contribution >= 4 is 33.0 Å². The number of thiophene rings is 1. The van der Waals surface area contributed by atoms with Crippen LogP contribution in [0.15, 0.2) is 39.9 Å². The fourth-order valence-electron chi connectivity index (χ4n) is 4.39. The monoisotopic (exact) mass is 447 g/mol. The number of hydrogen-bond acceptors (Lipinski definition) is 5. The van der Waals surface area contributed by atoms with Crippen molar-refractivity contribution in [3.63, 3.8) is 0 Å². The fourth-order valence-corrected chi connectivity index (χ4v) is 7.05. The van der Waals surface area contributed by atoms with Gasteiger partial charge in [0.25, 0.3) is 10.0 Å². The molecule has 1 aromatic heterocycles. The number of aryl methyl sites for hydroxylation is 2. The number of carbonyl (C=O) groups excluding carboxylic acids is 1. The summed E-state index contributed by atoms with van der Waals surface area (Å²) in [5.41, 5.74) is 3.73. The van der Waals surface area contributed by atoms with Gasteiger partial charge in [-0.25, -0.2) is 8.42 Å². The van der Waals surface area contributed by atoms with Gasteiger partial charge in [-0.15, -0.1) is 11.3 Å². The molecule has 0 aliphatic carbocycles. The van der Waals surface area contributed by atoms with Crippen molar-refractivity contribution in [3.8, 4) is 0 Å². The van der Waals surface area contributed by atoms with Crippen LogP contribution in [0.3, 0.4) is 0 Å². The molecule has 0 radical (unpaired) electrons. The van der Waals surface area contributed by atoms with E-state index >= 15 is 0 Å². The van der Waals surface area contributed by atoms with E-state index in [1.54, 1.807) is 17.5 Å². The van der Waals surface area contributed by atoms with Gasteiger partial charge in [0.2, 0.25) is 5.91 Å². The molecule has 1 aromatic carbocycles. The van der Waals surface area contributed by atoms with Crippen LogP contribution in [-0.2, 0) is 14.8 Å². The zero-order chi connectivity index (χ0) is 21.3. The van der Waals surface area contributed by atoms with Crippen molar-refractivity contribution in [2.24, 2.45) is 5.92 Å². The Labute approximate surface area is 183 Å². The van der Waals surface area contributed by atoms with E-state index < -0.39 is 10.0 Å². The Hall–Kier alpha value is -1.90. The minimum atomic E-state index is -3.50. The summed E-state index contributed by atoms with van der Waals surface area (Å²) >= 11 is 1.23. The Kier molecular flexibility index (Phi) is 6.18. The number of anilines is 1. The third-order valence-corrected chi connectivity index (χ3v) is 9.36. The third kappa shape index (κ3) is 4.26. The van der Waals surface area contributed by atoms with Crippen molar-refractivity contribution in [1.29, 1.82) is 0 Å². The van der Waals surface area contributed by atoms with Crippen molar-refractivity contribution < 1.29 is 13.2 Å². The van der Waals surface area contributed by atoms with Crippen LogP contribution in [0.2, 0.25) is 0 Å². The predicted molar refractivity (Wildman–Crippen MR) is 121 cm³/mol. The summed E-state index contributed by atoms with van der Waals surface area (Å²) in [7, 11) is -3.50. The van der Waals surface area contributed by atoms with E-state index in [9.17, 15) is 13.2 Å². The Morgan fingerprint density at radius 1 is 1.07 bits per heavy atom. The van der Waals surface area contributed by atoms with Crippen LogP contribution in [0.4, 0.5) is 5.69 Å². The van der Waals surface area contributed by atoms with Crippen LogP contribution in [0.25, 0.3) is 0 Å². The van der Waals surface area contributed by atoms with Crippen molar-refractivity contribution in [1.82, 2.24) is 9.21 Å². The van der Waals surface area contributed by atoms with Gasteiger partial charge in [-0.3, -0.25) is 4.79 Å². The standard InChI is InChI=1S/C22H29N3O3S2/c1-17-7-8-18(2)20(15-17)23-10-12-24(13-11-23)22(26)19-5-3-9-25(16-19)30(27,28)21-6-4-14-29-21/h4,6-8,14-15,19H,3,5,9-13,16H2,1-2H3. The van der Waals surface area contributed by atoms with Crippen molar-refractivity contribution in [2.45, 2.75) is 30.9 Å². The second-order valence-corrected chi connectivity index (χ2v) is 11.3. The van der Waals surface area contributed by atoms with E-state index in [0.29, 0.717) is 23.8 Å². The molecule has 2 aliphatic heterocycles. The number of amides is 1. The lowest BCUT2D eigenvalue weighted by atomic mass is 9.97. The van der Waals surface area contributed by atoms with Gasteiger partial charge in [-0.05, 0) is 55.3 Å². The van der Waals surface area contributed by atoms with Gasteiger partial charge in [0.05, 0.1) is 5.92 Å². The van der Waals surface area contributed by atoms with Crippen LogP contribution in [-0.4, -0.2) is 62.8 Å². The molecule has 2 aliphatic rings. The number of sulfonamides is 1. The molecular formula is C22H29N3O3S2. The first-order valence-electron chi connectivity index (χ1n) is 10.5. The highest BCUT2D eigenvalue weighted by atomic mass is 32.2. The van der Waals surface area contributed by atoms with Crippen LogP contribution < -0.4 is 4.90 Å². The zero-order valence-corrected chi connectivity index (χ0v) is 19.2. The average molecular weight is 448 g/mol. The molecule has 1 amide bonds. The highest BCUT2D eigenvalue weighted by molar-refractivity contribution is 7.91. The zero-order valence-electron chi connectivity index (χ0n) is 17.6. The highest BCUT2D eigenvalue weighted by Crippen LogP contribution is 2.28. The van der Waals surface area contributed by atoms with E-state index in [1.807, 2.05) is 4.90 Å². The Bertz CT molecular complexity index is 997. The van der Waals surface area contributed by atoms with Crippen LogP contribution in [0.5, 0.6) is 0 Å². The van der Waals surface area contributed by atoms with E-state index in [4.69, 9.17) is 0 Å². The number of nitrogens with zero attached hydrogens (tertiary/aromatic N) is 3. The van der Waals surface area contributed by atoms with E-state index in [0.717, 1.165) is 25.9 Å². The summed E-state index contributed by atoms with van der Waals surface area (Å²) in [5, 5.41) is 1.77. The molecule has 8 heteroatoms. The maximum absolute atomic E-state index is 13.2. The first-order valence-corrected chi connectivity index (χ1v) is 12.8. The van der Waals surface area contributed by atoms with Crippen LogP contribution >= 0.6 is 11.3 Å². The second kappa shape index (κ2) is 8.69. The molecule has 0 spiro atoms. The minimum Gasteiger partial charge on any atom is -0.368 e. The summed E-state index contributed by atoms with van der Waals surface area (Å²) in [5.74, 6) is -0.151. The number of piperazine rings is 1. The van der Waals surface area contributed by atoms with E-state index in [-0.39, 0.29) is 18.4 Å². The summed E-state index contributed by atoms with van der Waals surface area (Å²) in [6.45, 7) is 7.97. The molecule has 0 saturated carbocycles. The third-order valence-electron chi connectivity index (χ3n) is 6.12. The molecule has 1 atom stereocenters. The van der Waals surface area contributed by atoms with Gasteiger partial charge in [0.15, 0.2) is 0 Å². The molecule has 6 nitrogen and oxygen atoms in total. The molecule has 162 valence electrons. The first kappa shape index (κ1) is 21.3. The molecule has 0 bridgehead atoms. The number of rotatable bonds is 4. The van der Waals surface area contributed by atoms with Gasteiger partial charge in [0.1, 0.15) is 4.21 Å². The van der Waals surface area contributed by atoms with Gasteiger partial charge >= 0.3 is 0 Å². The summed E-state index contributed by atoms with van der Waals surface area (Å²) < 4.78 is 27.6. The number of benzene rings is 1. The summed E-state index contributed by atoms with van der Waals surface area (Å²) in [4.78, 5) is 17.4. The molecule has 1 unspecified atom stereocenters. The lowest BCUT2D eigenvalue weighted by molar-refractivity contribution is -0.137. The Balaban J connectivity index is 1.39. The second-order valence-electron chi connectivity index (χ2n) is 8.24. The maximum Gasteiger partial charge on any atom is 0.252 e. The Morgan fingerprint density at radius 3 is 2.53 bits per heavy atom. The van der Waals surface area contributed by atoms with Crippen molar-refractivity contribution in [3.05, 3.63) is 46.8 Å². The van der Waals surface area contributed by atoms with Gasteiger partial charge in [-0.1, -0.05) is 18.2 Å². The average Bonchev–Trinajstić information content (AvgIpc) is 3.31. The maximum atomic E-state index is 13.2. The number of carbonyl (C=O) groups is 1. The first-order chi connectivity index (χ1) is 14.4. The smallest absolute Gasteiger partial charge is 0.252 e. The SMILES string of the molecule is Cc1ccc(C)c(N2CCN(C(=O)C3CCCN(S(=O)(=O)c4cccs4)C3)CC2)c1. The lowest BCUT2D eigenvalue weighted by Gasteiger charge is -2.40. The topological polar surface area (TPSA) is 60.9 Å². The quantitative estimate of drug-likeness (QED) is 0.723. The normalized spacial score (nSPS) is 21.1. The van der Waals surface area contributed by atoms with Gasteiger partial charge in [0, 0.05) is 45.0 Å². The molecular weight excluding hydrogens is 418 g/mol. The molecule has 2 saturated heterocycles. The molecule has 0 N–H and O–H groups in total. The summed E-state index contributed by atoms with van der Waals surface area (Å²) in [6.07, 6.45) is 1.48. The lowest BCUT2D eigenvalue weighted by Crippen LogP contribution is -2.53. The highest BCUT2D eigenvalue weighted by Gasteiger charge is 2.36. The van der Waals surface area contributed by atoms with E-state index in [1.165, 1.54) is 32.5 Å². The Morgan fingerprint density at radius 2 is 1.83 bits per heavy atom. The van der Waals surface area contributed by atoms with Crippen molar-refractivity contribution in [2.75, 3.05) is 44.2 Å². The van der Waals surface area contributed by atoms with Crippen LogP contribution in [0.1, 0.15) is 24.0 Å².